The zero-order valence-corrected chi connectivity index (χ0v) is 11.4. The molecule has 4 nitrogen and oxygen atoms in total. The normalized spacial score (nSPS) is 12.0. The van der Waals surface area contributed by atoms with E-state index in [4.69, 9.17) is 10.5 Å². The second-order valence-corrected chi connectivity index (χ2v) is 4.20. The fourth-order valence-electron chi connectivity index (χ4n) is 1.78. The number of rotatable bonds is 7. The summed E-state index contributed by atoms with van der Waals surface area (Å²) in [6.07, 6.45) is 0.504. The average Bonchev–Trinajstić information content (AvgIpc) is 2.41. The molecule has 1 atom stereocenters. The van der Waals surface area contributed by atoms with Crippen molar-refractivity contribution in [3.63, 3.8) is 0 Å². The van der Waals surface area contributed by atoms with Gasteiger partial charge in [0.15, 0.2) is 0 Å². The van der Waals surface area contributed by atoms with Crippen molar-refractivity contribution in [2.24, 2.45) is 5.73 Å². The molecule has 0 bridgehead atoms. The molecule has 5 heteroatoms. The van der Waals surface area contributed by atoms with E-state index in [-0.39, 0.29) is 11.8 Å². The minimum atomic E-state index is -0.616. The summed E-state index contributed by atoms with van der Waals surface area (Å²) in [6.45, 7) is 5.48. The minimum absolute atomic E-state index is 0.261. The number of nitrogens with two attached hydrogens (primary N) is 1. The van der Waals surface area contributed by atoms with E-state index in [9.17, 15) is 9.18 Å². The van der Waals surface area contributed by atoms with Crippen LogP contribution in [0.2, 0.25) is 0 Å². The lowest BCUT2D eigenvalue weighted by Gasteiger charge is -2.24. The van der Waals surface area contributed by atoms with Crippen molar-refractivity contribution in [1.82, 2.24) is 0 Å². The van der Waals surface area contributed by atoms with Gasteiger partial charge in [0.2, 0.25) is 0 Å². The summed E-state index contributed by atoms with van der Waals surface area (Å²) < 4.78 is 17.7. The summed E-state index contributed by atoms with van der Waals surface area (Å²) in [5.74, 6) is -0.638. The van der Waals surface area contributed by atoms with Gasteiger partial charge in [-0.25, -0.2) is 4.39 Å². The van der Waals surface area contributed by atoms with Gasteiger partial charge in [0.25, 0.3) is 0 Å². The number of nitrogens with zero attached hydrogens (tertiary/aromatic N) is 1. The largest absolute Gasteiger partial charge is 0.465 e. The fraction of sp³-hybridized carbons (Fsp3) is 0.500. The highest BCUT2D eigenvalue weighted by atomic mass is 19.1. The Morgan fingerprint density at radius 1 is 1.37 bits per heavy atom. The molecular weight excluding hydrogens is 247 g/mol. The van der Waals surface area contributed by atoms with Crippen LogP contribution in [0.15, 0.2) is 24.3 Å². The Morgan fingerprint density at radius 3 is 2.53 bits per heavy atom. The van der Waals surface area contributed by atoms with Crippen molar-refractivity contribution >= 4 is 11.7 Å². The van der Waals surface area contributed by atoms with Crippen molar-refractivity contribution < 1.29 is 13.9 Å². The number of ether oxygens (including phenoxy) is 1. The standard InChI is InChI=1S/C14H21FN2O2/c1-3-17(12-7-5-11(15)6-8-12)10-9-13(16)14(18)19-4-2/h5-8,13H,3-4,9-10,16H2,1-2H3. The number of carbonyl (C=O) groups is 1. The summed E-state index contributed by atoms with van der Waals surface area (Å²) in [5.41, 5.74) is 6.66. The van der Waals surface area contributed by atoms with E-state index < -0.39 is 6.04 Å². The second kappa shape index (κ2) is 7.74. The molecule has 0 radical (unpaired) electrons. The van der Waals surface area contributed by atoms with Crippen molar-refractivity contribution in [1.29, 1.82) is 0 Å². The third-order valence-corrected chi connectivity index (χ3v) is 2.87. The van der Waals surface area contributed by atoms with Crippen LogP contribution in [0.1, 0.15) is 20.3 Å². The van der Waals surface area contributed by atoms with Crippen molar-refractivity contribution in [3.05, 3.63) is 30.1 Å². The Bertz CT molecular complexity index is 395. The third-order valence-electron chi connectivity index (χ3n) is 2.87. The number of carbonyl (C=O) groups excluding carboxylic acids is 1. The summed E-state index contributed by atoms with van der Waals surface area (Å²) in [7, 11) is 0. The highest BCUT2D eigenvalue weighted by molar-refractivity contribution is 5.75. The van der Waals surface area contributed by atoms with Crippen LogP contribution in [0, 0.1) is 5.82 Å². The summed E-state index contributed by atoms with van der Waals surface area (Å²) >= 11 is 0. The van der Waals surface area contributed by atoms with Gasteiger partial charge in [-0.1, -0.05) is 0 Å². The fourth-order valence-corrected chi connectivity index (χ4v) is 1.78. The van der Waals surface area contributed by atoms with E-state index in [1.54, 1.807) is 19.1 Å². The first kappa shape index (κ1) is 15.4. The molecule has 2 N–H and O–H groups in total. The highest BCUT2D eigenvalue weighted by Crippen LogP contribution is 2.15. The quantitative estimate of drug-likeness (QED) is 0.768. The van der Waals surface area contributed by atoms with E-state index in [1.165, 1.54) is 12.1 Å². The second-order valence-electron chi connectivity index (χ2n) is 4.20. The van der Waals surface area contributed by atoms with Crippen LogP contribution in [-0.2, 0) is 9.53 Å². The molecule has 1 rings (SSSR count). The number of benzene rings is 1. The van der Waals surface area contributed by atoms with Crippen LogP contribution in [-0.4, -0.2) is 31.7 Å². The zero-order valence-electron chi connectivity index (χ0n) is 11.4. The van der Waals surface area contributed by atoms with Gasteiger partial charge in [-0.2, -0.15) is 0 Å². The van der Waals surface area contributed by atoms with Crippen LogP contribution in [0.3, 0.4) is 0 Å². The minimum Gasteiger partial charge on any atom is -0.465 e. The molecule has 0 amide bonds. The lowest BCUT2D eigenvalue weighted by atomic mass is 10.2. The van der Waals surface area contributed by atoms with Crippen molar-refractivity contribution in [2.75, 3.05) is 24.6 Å². The number of esters is 1. The zero-order chi connectivity index (χ0) is 14.3. The molecule has 0 fully saturated rings. The third kappa shape index (κ3) is 4.87. The van der Waals surface area contributed by atoms with Crippen molar-refractivity contribution in [3.8, 4) is 0 Å². The van der Waals surface area contributed by atoms with Crippen LogP contribution < -0.4 is 10.6 Å². The van der Waals surface area contributed by atoms with E-state index in [0.29, 0.717) is 19.6 Å². The monoisotopic (exact) mass is 268 g/mol. The SMILES string of the molecule is CCOC(=O)C(N)CCN(CC)c1ccc(F)cc1. The predicted octanol–water partition coefficient (Wildman–Crippen LogP) is 1.93. The van der Waals surface area contributed by atoms with Gasteiger partial charge in [0, 0.05) is 18.8 Å². The predicted molar refractivity (Wildman–Crippen MR) is 73.5 cm³/mol. The Kier molecular flexibility index (Phi) is 6.29. The number of halogens is 1. The van der Waals surface area contributed by atoms with Crippen LogP contribution in [0.5, 0.6) is 0 Å². The van der Waals surface area contributed by atoms with E-state index in [0.717, 1.165) is 12.2 Å². The molecule has 1 aromatic carbocycles. The first-order chi connectivity index (χ1) is 9.08. The van der Waals surface area contributed by atoms with Gasteiger partial charge in [0.05, 0.1) is 6.61 Å². The Labute approximate surface area is 113 Å². The first-order valence-corrected chi connectivity index (χ1v) is 6.51. The van der Waals surface area contributed by atoms with Gasteiger partial charge in [0.1, 0.15) is 11.9 Å². The molecule has 0 aliphatic rings. The Hall–Kier alpha value is -1.62. The molecule has 0 spiro atoms. The number of anilines is 1. The van der Waals surface area contributed by atoms with Gasteiger partial charge >= 0.3 is 5.97 Å². The highest BCUT2D eigenvalue weighted by Gasteiger charge is 2.15. The van der Waals surface area contributed by atoms with Gasteiger partial charge in [-0.3, -0.25) is 4.79 Å². The molecule has 19 heavy (non-hydrogen) atoms. The molecule has 0 saturated heterocycles. The van der Waals surface area contributed by atoms with E-state index in [2.05, 4.69) is 0 Å². The topological polar surface area (TPSA) is 55.6 Å². The molecule has 0 saturated carbocycles. The van der Waals surface area contributed by atoms with Gasteiger partial charge in [-0.15, -0.1) is 0 Å². The molecule has 106 valence electrons. The summed E-state index contributed by atoms with van der Waals surface area (Å²) in [4.78, 5) is 13.4. The molecular formula is C14H21FN2O2. The number of hydrogen-bond acceptors (Lipinski definition) is 4. The smallest absolute Gasteiger partial charge is 0.322 e. The molecule has 0 heterocycles. The molecule has 0 aromatic heterocycles. The van der Waals surface area contributed by atoms with Crippen LogP contribution in [0.25, 0.3) is 0 Å². The van der Waals surface area contributed by atoms with E-state index >= 15 is 0 Å². The first-order valence-electron chi connectivity index (χ1n) is 6.51. The molecule has 0 aliphatic heterocycles. The van der Waals surface area contributed by atoms with Gasteiger partial charge in [-0.05, 0) is 44.5 Å². The molecule has 1 unspecified atom stereocenters. The number of hydrogen-bond donors (Lipinski definition) is 1. The summed E-state index contributed by atoms with van der Waals surface area (Å²) in [5, 5.41) is 0. The maximum Gasteiger partial charge on any atom is 0.322 e. The van der Waals surface area contributed by atoms with Gasteiger partial charge < -0.3 is 15.4 Å². The lowest BCUT2D eigenvalue weighted by Crippen LogP contribution is -2.37. The van der Waals surface area contributed by atoms with Crippen LogP contribution >= 0.6 is 0 Å². The molecule has 0 aliphatic carbocycles. The molecule has 1 aromatic rings. The summed E-state index contributed by atoms with van der Waals surface area (Å²) in [6, 6.07) is 5.66. The van der Waals surface area contributed by atoms with E-state index in [1.807, 2.05) is 11.8 Å². The van der Waals surface area contributed by atoms with Crippen molar-refractivity contribution in [2.45, 2.75) is 26.3 Å². The maximum absolute atomic E-state index is 12.9. The average molecular weight is 268 g/mol. The Balaban J connectivity index is 2.53. The lowest BCUT2D eigenvalue weighted by molar-refractivity contribution is -0.144. The van der Waals surface area contributed by atoms with Crippen LogP contribution in [0.4, 0.5) is 10.1 Å². The maximum atomic E-state index is 12.9. The Morgan fingerprint density at radius 2 is 2.00 bits per heavy atom.